The Hall–Kier alpha value is -0.0800. The van der Waals surface area contributed by atoms with Gasteiger partial charge in [-0.1, -0.05) is 46.0 Å². The lowest BCUT2D eigenvalue weighted by atomic mass is 9.68. The number of nitrogens with two attached hydrogens (primary N) is 2. The normalized spacial score (nSPS) is 39.2. The molecule has 19 heavy (non-hydrogen) atoms. The summed E-state index contributed by atoms with van der Waals surface area (Å²) >= 11 is 0. The third kappa shape index (κ3) is 3.95. The Morgan fingerprint density at radius 2 is 1.58 bits per heavy atom. The van der Waals surface area contributed by atoms with E-state index in [0.29, 0.717) is 5.92 Å². The maximum Gasteiger partial charge on any atom is 0.0665 e. The van der Waals surface area contributed by atoms with Crippen molar-refractivity contribution in [3.63, 3.8) is 0 Å². The topological polar surface area (TPSA) is 52.0 Å². The third-order valence-corrected chi connectivity index (χ3v) is 5.99. The molecule has 2 rings (SSSR count). The van der Waals surface area contributed by atoms with Crippen LogP contribution in [0.1, 0.15) is 78.1 Å². The Labute approximate surface area is 119 Å². The zero-order valence-electron chi connectivity index (χ0n) is 13.0. The summed E-state index contributed by atoms with van der Waals surface area (Å²) < 4.78 is 0. The average molecular weight is 266 g/mol. The van der Waals surface area contributed by atoms with Gasteiger partial charge in [-0.05, 0) is 55.8 Å². The first-order valence-electron chi connectivity index (χ1n) is 8.62. The van der Waals surface area contributed by atoms with Crippen LogP contribution in [0.3, 0.4) is 0 Å². The molecule has 0 aromatic rings. The zero-order valence-corrected chi connectivity index (χ0v) is 13.0. The van der Waals surface area contributed by atoms with Crippen LogP contribution in [0.25, 0.3) is 0 Å². The van der Waals surface area contributed by atoms with Crippen molar-refractivity contribution in [1.29, 1.82) is 0 Å². The van der Waals surface area contributed by atoms with E-state index in [2.05, 4.69) is 13.8 Å². The van der Waals surface area contributed by atoms with E-state index in [1.54, 1.807) is 0 Å². The molecule has 2 aliphatic carbocycles. The summed E-state index contributed by atoms with van der Waals surface area (Å²) in [6, 6.07) is 0. The molecular weight excluding hydrogens is 232 g/mol. The van der Waals surface area contributed by atoms with Crippen molar-refractivity contribution in [2.75, 3.05) is 0 Å². The summed E-state index contributed by atoms with van der Waals surface area (Å²) in [5, 5.41) is 0. The minimum atomic E-state index is -0.385. The van der Waals surface area contributed by atoms with Crippen molar-refractivity contribution < 1.29 is 0 Å². The second-order valence-electron chi connectivity index (χ2n) is 7.40. The fourth-order valence-corrected chi connectivity index (χ4v) is 4.62. The molecule has 0 amide bonds. The summed E-state index contributed by atoms with van der Waals surface area (Å²) in [5.74, 6) is 3.43. The molecule has 4 N–H and O–H groups in total. The fourth-order valence-electron chi connectivity index (χ4n) is 4.62. The molecule has 2 heteroatoms. The van der Waals surface area contributed by atoms with Crippen molar-refractivity contribution in [1.82, 2.24) is 0 Å². The molecule has 0 aromatic carbocycles. The molecule has 2 saturated carbocycles. The highest BCUT2D eigenvalue weighted by Gasteiger charge is 2.37. The van der Waals surface area contributed by atoms with Gasteiger partial charge < -0.3 is 11.5 Å². The largest absolute Gasteiger partial charge is 0.313 e. The van der Waals surface area contributed by atoms with Gasteiger partial charge in [0.05, 0.1) is 5.66 Å². The van der Waals surface area contributed by atoms with Gasteiger partial charge in [0, 0.05) is 0 Å². The number of hydrogen-bond acceptors (Lipinski definition) is 2. The first-order chi connectivity index (χ1) is 9.05. The molecule has 0 heterocycles. The lowest BCUT2D eigenvalue weighted by Gasteiger charge is -2.43. The number of rotatable bonds is 4. The van der Waals surface area contributed by atoms with E-state index in [4.69, 9.17) is 11.5 Å². The Balaban J connectivity index is 1.83. The molecular formula is C17H34N2. The van der Waals surface area contributed by atoms with Gasteiger partial charge in [-0.3, -0.25) is 0 Å². The SMILES string of the molecule is CCC1CCCC(CC2CCC(N)(N)C(CC)C2)C1. The summed E-state index contributed by atoms with van der Waals surface area (Å²) in [6.07, 6.45) is 13.4. The smallest absolute Gasteiger partial charge is 0.0665 e. The van der Waals surface area contributed by atoms with Gasteiger partial charge >= 0.3 is 0 Å². The first kappa shape index (κ1) is 15.3. The van der Waals surface area contributed by atoms with E-state index in [9.17, 15) is 0 Å². The molecule has 0 spiro atoms. The zero-order chi connectivity index (χ0) is 13.9. The lowest BCUT2D eigenvalue weighted by Crippen LogP contribution is -2.58. The van der Waals surface area contributed by atoms with Crippen LogP contribution in [-0.4, -0.2) is 5.66 Å². The Morgan fingerprint density at radius 3 is 2.26 bits per heavy atom. The van der Waals surface area contributed by atoms with Crippen LogP contribution in [0.4, 0.5) is 0 Å². The van der Waals surface area contributed by atoms with E-state index in [-0.39, 0.29) is 5.66 Å². The van der Waals surface area contributed by atoms with Crippen LogP contribution < -0.4 is 11.5 Å². The van der Waals surface area contributed by atoms with Crippen molar-refractivity contribution in [3.8, 4) is 0 Å². The van der Waals surface area contributed by atoms with Crippen LogP contribution in [-0.2, 0) is 0 Å². The molecule has 2 fully saturated rings. The Bertz CT molecular complexity index is 274. The summed E-state index contributed by atoms with van der Waals surface area (Å²) in [5.41, 5.74) is 12.1. The minimum Gasteiger partial charge on any atom is -0.313 e. The molecule has 2 nitrogen and oxygen atoms in total. The summed E-state index contributed by atoms with van der Waals surface area (Å²) in [7, 11) is 0. The predicted molar refractivity (Wildman–Crippen MR) is 82.6 cm³/mol. The van der Waals surface area contributed by atoms with E-state index in [1.165, 1.54) is 51.4 Å². The standard InChI is InChI=1S/C17H34N2/c1-3-13-6-5-7-14(10-13)11-15-8-9-17(18,19)16(4-2)12-15/h13-16H,3-12,18-19H2,1-2H3. The van der Waals surface area contributed by atoms with Gasteiger partial charge in [-0.25, -0.2) is 0 Å². The van der Waals surface area contributed by atoms with Crippen molar-refractivity contribution in [3.05, 3.63) is 0 Å². The van der Waals surface area contributed by atoms with E-state index >= 15 is 0 Å². The van der Waals surface area contributed by atoms with Crippen LogP contribution in [0.15, 0.2) is 0 Å². The molecule has 0 radical (unpaired) electrons. The Kier molecular flexibility index (Phi) is 5.30. The third-order valence-electron chi connectivity index (χ3n) is 5.99. The van der Waals surface area contributed by atoms with Gasteiger partial charge in [-0.2, -0.15) is 0 Å². The monoisotopic (exact) mass is 266 g/mol. The first-order valence-corrected chi connectivity index (χ1v) is 8.62. The van der Waals surface area contributed by atoms with Crippen molar-refractivity contribution in [2.45, 2.75) is 83.7 Å². The van der Waals surface area contributed by atoms with Crippen LogP contribution in [0.5, 0.6) is 0 Å². The quantitative estimate of drug-likeness (QED) is 0.755. The van der Waals surface area contributed by atoms with Gasteiger partial charge in [-0.15, -0.1) is 0 Å². The van der Waals surface area contributed by atoms with E-state index in [0.717, 1.165) is 30.6 Å². The molecule has 0 aromatic heterocycles. The molecule has 4 unspecified atom stereocenters. The molecule has 0 saturated heterocycles. The maximum atomic E-state index is 6.25. The highest BCUT2D eigenvalue weighted by atomic mass is 15.0. The van der Waals surface area contributed by atoms with Gasteiger partial charge in [0.15, 0.2) is 0 Å². The van der Waals surface area contributed by atoms with E-state index in [1.807, 2.05) is 0 Å². The highest BCUT2D eigenvalue weighted by molar-refractivity contribution is 4.92. The Morgan fingerprint density at radius 1 is 0.895 bits per heavy atom. The molecule has 112 valence electrons. The lowest BCUT2D eigenvalue weighted by molar-refractivity contribution is 0.115. The fraction of sp³-hybridized carbons (Fsp3) is 1.00. The predicted octanol–water partition coefficient (Wildman–Crippen LogP) is 4.03. The van der Waals surface area contributed by atoms with Crippen molar-refractivity contribution >= 4 is 0 Å². The number of hydrogen-bond donors (Lipinski definition) is 2. The molecule has 4 atom stereocenters. The van der Waals surface area contributed by atoms with Crippen molar-refractivity contribution in [2.24, 2.45) is 35.1 Å². The van der Waals surface area contributed by atoms with Crippen LogP contribution >= 0.6 is 0 Å². The van der Waals surface area contributed by atoms with Crippen LogP contribution in [0.2, 0.25) is 0 Å². The van der Waals surface area contributed by atoms with Gasteiger partial charge in [0.1, 0.15) is 0 Å². The second-order valence-corrected chi connectivity index (χ2v) is 7.40. The molecule has 2 aliphatic rings. The van der Waals surface area contributed by atoms with E-state index < -0.39 is 0 Å². The second kappa shape index (κ2) is 6.58. The van der Waals surface area contributed by atoms with Crippen LogP contribution in [0, 0.1) is 23.7 Å². The maximum absolute atomic E-state index is 6.25. The van der Waals surface area contributed by atoms with Gasteiger partial charge in [0.25, 0.3) is 0 Å². The summed E-state index contributed by atoms with van der Waals surface area (Å²) in [6.45, 7) is 4.60. The molecule has 0 aliphatic heterocycles. The minimum absolute atomic E-state index is 0.385. The average Bonchev–Trinajstić information content (AvgIpc) is 2.41. The molecule has 0 bridgehead atoms. The highest BCUT2D eigenvalue weighted by Crippen LogP contribution is 2.41. The van der Waals surface area contributed by atoms with Gasteiger partial charge in [0.2, 0.25) is 0 Å². The summed E-state index contributed by atoms with van der Waals surface area (Å²) in [4.78, 5) is 0.